The summed E-state index contributed by atoms with van der Waals surface area (Å²) < 4.78 is 15.8. The Labute approximate surface area is 191 Å². The van der Waals surface area contributed by atoms with Gasteiger partial charge in [-0.3, -0.25) is 0 Å². The molecule has 0 unspecified atom stereocenters. The van der Waals surface area contributed by atoms with Gasteiger partial charge in [-0.25, -0.2) is 0 Å². The summed E-state index contributed by atoms with van der Waals surface area (Å²) in [7, 11) is 5.11. The molecule has 0 heterocycles. The number of rotatable bonds is 11. The molecule has 0 radical (unpaired) electrons. The highest BCUT2D eigenvalue weighted by molar-refractivity contribution is 5.83. The summed E-state index contributed by atoms with van der Waals surface area (Å²) in [6, 6.07) is 25.3. The topological polar surface area (TPSA) is 39.7 Å². The maximum absolute atomic E-state index is 5.37. The van der Waals surface area contributed by atoms with Gasteiger partial charge in [-0.15, -0.1) is 0 Å². The fourth-order valence-electron chi connectivity index (χ4n) is 3.76. The molecule has 4 nitrogen and oxygen atoms in total. The van der Waals surface area contributed by atoms with Crippen LogP contribution in [0, 0.1) is 0 Å². The number of ether oxygens (including phenoxy) is 3. The molecule has 0 aliphatic carbocycles. The number of anilines is 1. The normalized spacial score (nSPS) is 11.6. The summed E-state index contributed by atoms with van der Waals surface area (Å²) in [5, 5.41) is 3.39. The predicted octanol–water partition coefficient (Wildman–Crippen LogP) is 6.22. The lowest BCUT2D eigenvalue weighted by Gasteiger charge is -2.17. The molecule has 0 aromatic heterocycles. The maximum Gasteiger partial charge on any atom is 0.118 e. The molecule has 0 spiro atoms. The van der Waals surface area contributed by atoms with E-state index in [0.717, 1.165) is 36.6 Å². The van der Waals surface area contributed by atoms with Crippen molar-refractivity contribution >= 4 is 11.3 Å². The first-order chi connectivity index (χ1) is 15.7. The lowest BCUT2D eigenvalue weighted by molar-refractivity contribution is 0.211. The molecule has 0 saturated carbocycles. The highest BCUT2D eigenvalue weighted by Crippen LogP contribution is 2.32. The molecule has 0 bridgehead atoms. The van der Waals surface area contributed by atoms with Crippen molar-refractivity contribution in [2.45, 2.75) is 19.8 Å². The molecule has 32 heavy (non-hydrogen) atoms. The number of allylic oxidation sites excluding steroid dienone is 1. The molecule has 0 aliphatic heterocycles. The van der Waals surface area contributed by atoms with Crippen LogP contribution in [0.25, 0.3) is 5.57 Å². The summed E-state index contributed by atoms with van der Waals surface area (Å²) in [4.78, 5) is 0. The molecule has 0 aliphatic rings. The monoisotopic (exact) mass is 431 g/mol. The van der Waals surface area contributed by atoms with E-state index in [9.17, 15) is 0 Å². The van der Waals surface area contributed by atoms with E-state index in [1.165, 1.54) is 27.8 Å². The SMILES string of the molecule is CC/C(Cc1ccc(OC)cc1)=C(/c1ccc(NCCOC)cc1)c1ccc(OC)cc1. The van der Waals surface area contributed by atoms with Crippen LogP contribution < -0.4 is 14.8 Å². The highest BCUT2D eigenvalue weighted by atomic mass is 16.5. The van der Waals surface area contributed by atoms with Crippen LogP contribution in [-0.4, -0.2) is 34.5 Å². The second-order valence-electron chi connectivity index (χ2n) is 7.58. The molecule has 3 rings (SSSR count). The van der Waals surface area contributed by atoms with Crippen molar-refractivity contribution in [2.75, 3.05) is 39.8 Å². The molecule has 1 N–H and O–H groups in total. The second kappa shape index (κ2) is 12.0. The van der Waals surface area contributed by atoms with Crippen molar-refractivity contribution < 1.29 is 14.2 Å². The first kappa shape index (κ1) is 23.4. The quantitative estimate of drug-likeness (QED) is 0.366. The fraction of sp³-hybridized carbons (Fsp3) is 0.286. The number of methoxy groups -OCH3 is 3. The minimum atomic E-state index is 0.681. The highest BCUT2D eigenvalue weighted by Gasteiger charge is 2.13. The van der Waals surface area contributed by atoms with Crippen molar-refractivity contribution in [3.63, 3.8) is 0 Å². The van der Waals surface area contributed by atoms with Crippen LogP contribution in [0.5, 0.6) is 11.5 Å². The minimum Gasteiger partial charge on any atom is -0.497 e. The Morgan fingerprint density at radius 3 is 1.75 bits per heavy atom. The Morgan fingerprint density at radius 1 is 0.719 bits per heavy atom. The first-order valence-electron chi connectivity index (χ1n) is 11.0. The fourth-order valence-corrected chi connectivity index (χ4v) is 3.76. The van der Waals surface area contributed by atoms with Gasteiger partial charge in [-0.2, -0.15) is 0 Å². The van der Waals surface area contributed by atoms with Crippen LogP contribution in [0.3, 0.4) is 0 Å². The van der Waals surface area contributed by atoms with Gasteiger partial charge in [0.1, 0.15) is 11.5 Å². The molecule has 3 aromatic carbocycles. The third kappa shape index (κ3) is 6.14. The number of hydrogen-bond donors (Lipinski definition) is 1. The van der Waals surface area contributed by atoms with E-state index in [4.69, 9.17) is 14.2 Å². The lowest BCUT2D eigenvalue weighted by Crippen LogP contribution is -2.07. The van der Waals surface area contributed by atoms with Gasteiger partial charge in [0.25, 0.3) is 0 Å². The van der Waals surface area contributed by atoms with Crippen LogP contribution in [0.2, 0.25) is 0 Å². The van der Waals surface area contributed by atoms with Crippen molar-refractivity contribution in [3.05, 3.63) is 95.1 Å². The molecule has 0 atom stereocenters. The smallest absolute Gasteiger partial charge is 0.118 e. The van der Waals surface area contributed by atoms with E-state index in [2.05, 4.69) is 60.8 Å². The van der Waals surface area contributed by atoms with Gasteiger partial charge in [0, 0.05) is 19.3 Å². The van der Waals surface area contributed by atoms with Crippen LogP contribution in [0.1, 0.15) is 30.0 Å². The number of benzene rings is 3. The van der Waals surface area contributed by atoms with Crippen LogP contribution in [-0.2, 0) is 11.2 Å². The summed E-state index contributed by atoms with van der Waals surface area (Å²) >= 11 is 0. The van der Waals surface area contributed by atoms with Gasteiger partial charge < -0.3 is 19.5 Å². The van der Waals surface area contributed by atoms with E-state index < -0.39 is 0 Å². The maximum atomic E-state index is 5.37. The third-order valence-corrected chi connectivity index (χ3v) is 5.54. The van der Waals surface area contributed by atoms with E-state index in [-0.39, 0.29) is 0 Å². The van der Waals surface area contributed by atoms with Gasteiger partial charge in [0.05, 0.1) is 20.8 Å². The molecule has 0 fully saturated rings. The zero-order chi connectivity index (χ0) is 22.8. The Bertz CT molecular complexity index is 990. The van der Waals surface area contributed by atoms with Gasteiger partial charge in [-0.1, -0.05) is 48.9 Å². The molecule has 0 saturated heterocycles. The van der Waals surface area contributed by atoms with Crippen LogP contribution in [0.4, 0.5) is 5.69 Å². The second-order valence-corrected chi connectivity index (χ2v) is 7.58. The van der Waals surface area contributed by atoms with E-state index >= 15 is 0 Å². The Balaban J connectivity index is 1.99. The molecule has 4 heteroatoms. The van der Waals surface area contributed by atoms with Gasteiger partial charge >= 0.3 is 0 Å². The number of nitrogens with one attached hydrogen (secondary N) is 1. The third-order valence-electron chi connectivity index (χ3n) is 5.54. The van der Waals surface area contributed by atoms with Crippen LogP contribution >= 0.6 is 0 Å². The Hall–Kier alpha value is -3.24. The summed E-state index contributed by atoms with van der Waals surface area (Å²) in [5.41, 5.74) is 7.42. The molecular weight excluding hydrogens is 398 g/mol. The Kier molecular flexibility index (Phi) is 8.76. The van der Waals surface area contributed by atoms with Gasteiger partial charge in [0.2, 0.25) is 0 Å². The average Bonchev–Trinajstić information content (AvgIpc) is 2.85. The van der Waals surface area contributed by atoms with E-state index in [0.29, 0.717) is 6.61 Å². The van der Waals surface area contributed by atoms with E-state index in [1.54, 1.807) is 21.3 Å². The predicted molar refractivity (Wildman–Crippen MR) is 133 cm³/mol. The van der Waals surface area contributed by atoms with Crippen molar-refractivity contribution in [1.82, 2.24) is 0 Å². The van der Waals surface area contributed by atoms with Crippen LogP contribution in [0.15, 0.2) is 78.4 Å². The first-order valence-corrected chi connectivity index (χ1v) is 11.0. The standard InChI is InChI=1S/C28H33NO3/c1-5-22(20-21-6-14-26(31-3)15-7-21)28(24-10-16-27(32-4)17-11-24)23-8-12-25(13-9-23)29-18-19-30-2/h6-17,29H,5,18-20H2,1-4H3/b28-22+. The van der Waals surface area contributed by atoms with Crippen molar-refractivity contribution in [3.8, 4) is 11.5 Å². The Morgan fingerprint density at radius 2 is 1.25 bits per heavy atom. The average molecular weight is 432 g/mol. The number of hydrogen-bond acceptors (Lipinski definition) is 4. The summed E-state index contributed by atoms with van der Waals surface area (Å²) in [5.74, 6) is 1.74. The summed E-state index contributed by atoms with van der Waals surface area (Å²) in [6.07, 6.45) is 1.84. The minimum absolute atomic E-state index is 0.681. The van der Waals surface area contributed by atoms with E-state index in [1.807, 2.05) is 24.3 Å². The molecule has 3 aromatic rings. The largest absolute Gasteiger partial charge is 0.497 e. The van der Waals surface area contributed by atoms with Crippen molar-refractivity contribution in [1.29, 1.82) is 0 Å². The van der Waals surface area contributed by atoms with Gasteiger partial charge in [0.15, 0.2) is 0 Å². The molecule has 168 valence electrons. The lowest BCUT2D eigenvalue weighted by atomic mass is 9.88. The summed E-state index contributed by atoms with van der Waals surface area (Å²) in [6.45, 7) is 3.69. The van der Waals surface area contributed by atoms with Gasteiger partial charge in [-0.05, 0) is 71.5 Å². The molecule has 0 amide bonds. The van der Waals surface area contributed by atoms with Crippen molar-refractivity contribution in [2.24, 2.45) is 0 Å². The molecular formula is C28H33NO3. The zero-order valence-corrected chi connectivity index (χ0v) is 19.5. The zero-order valence-electron chi connectivity index (χ0n) is 19.5.